The van der Waals surface area contributed by atoms with Gasteiger partial charge < -0.3 is 19.7 Å². The maximum atomic E-state index is 9.53. The summed E-state index contributed by atoms with van der Waals surface area (Å²) in [4.78, 5) is 21.8. The lowest BCUT2D eigenvalue weighted by atomic mass is 10.0. The first-order valence-corrected chi connectivity index (χ1v) is 8.35. The van der Waals surface area contributed by atoms with Gasteiger partial charge in [-0.25, -0.2) is 4.79 Å². The molecule has 0 saturated heterocycles. The highest BCUT2D eigenvalue weighted by Gasteiger charge is 2.13. The quantitative estimate of drug-likeness (QED) is 0.187. The summed E-state index contributed by atoms with van der Waals surface area (Å²) in [6.07, 6.45) is 0.857. The van der Waals surface area contributed by atoms with Crippen molar-refractivity contribution in [3.05, 3.63) is 83.9 Å². The highest BCUT2D eigenvalue weighted by atomic mass is 16.5. The molecule has 2 aromatic carbocycles. The molecule has 28 heavy (non-hydrogen) atoms. The fraction of sp³-hybridized carbons (Fsp3) is 0.150. The summed E-state index contributed by atoms with van der Waals surface area (Å²) >= 11 is 0. The largest absolute Gasteiger partial charge is 0.545 e. The van der Waals surface area contributed by atoms with E-state index in [1.807, 2.05) is 36.4 Å². The Kier molecular flexibility index (Phi) is 10.1. The minimum absolute atomic E-state index is 0.0850. The number of ether oxygens (including phenoxy) is 1. The predicted molar refractivity (Wildman–Crippen MR) is 102 cm³/mol. The zero-order chi connectivity index (χ0) is 20.8. The molecule has 0 heterocycles. The summed E-state index contributed by atoms with van der Waals surface area (Å²) < 4.78 is 5.98. The highest BCUT2D eigenvalue weighted by molar-refractivity contribution is 5.88. The van der Waals surface area contributed by atoms with Crippen molar-refractivity contribution in [1.29, 1.82) is 0 Å². The molecule has 2 aromatic rings. The first kappa shape index (κ1) is 22.4. The van der Waals surface area contributed by atoms with Crippen molar-refractivity contribution in [3.63, 3.8) is 0 Å². The molecule has 0 atom stereocenters. The summed E-state index contributed by atoms with van der Waals surface area (Å²) in [5.41, 5.74) is 13.0. The van der Waals surface area contributed by atoms with Crippen molar-refractivity contribution in [3.8, 4) is 0 Å². The van der Waals surface area contributed by atoms with E-state index in [0.29, 0.717) is 25.3 Å². The Balaban J connectivity index is 0.000000416. The first-order chi connectivity index (χ1) is 13.4. The molecule has 8 nitrogen and oxygen atoms in total. The maximum absolute atomic E-state index is 9.53. The molecule has 8 heteroatoms. The van der Waals surface area contributed by atoms with Gasteiger partial charge in [-0.1, -0.05) is 60.7 Å². The number of benzene rings is 2. The zero-order valence-corrected chi connectivity index (χ0v) is 15.2. The van der Waals surface area contributed by atoms with Crippen molar-refractivity contribution >= 4 is 17.9 Å². The summed E-state index contributed by atoms with van der Waals surface area (Å²) in [6, 6.07) is 20.3. The molecular formula is C20H23N3O5. The molecule has 0 aliphatic rings. The van der Waals surface area contributed by atoms with Crippen LogP contribution in [0.25, 0.3) is 0 Å². The van der Waals surface area contributed by atoms with E-state index in [9.17, 15) is 14.7 Å². The van der Waals surface area contributed by atoms with Crippen LogP contribution in [0.3, 0.4) is 0 Å². The molecule has 0 amide bonds. The summed E-state index contributed by atoms with van der Waals surface area (Å²) in [5.74, 6) is -2.59. The minimum Gasteiger partial charge on any atom is -0.545 e. The molecule has 0 aliphatic carbocycles. The Hall–Kier alpha value is -3.65. The number of carboxylic acid groups (broad SMARTS) is 2. The van der Waals surface area contributed by atoms with Gasteiger partial charge in [0, 0.05) is 6.08 Å². The average molecular weight is 385 g/mol. The Morgan fingerprint density at radius 3 is 1.86 bits per heavy atom. The Bertz CT molecular complexity index is 733. The lowest BCUT2D eigenvalue weighted by Gasteiger charge is -2.18. The Labute approximate surface area is 162 Å². The SMILES string of the molecule is NC(N)=[NH+]CCOC(c1ccccc1)c1ccccc1.O=C([O-])/C=C\C(=O)O. The average Bonchev–Trinajstić information content (AvgIpc) is 2.68. The topological polar surface area (TPSA) is 153 Å². The third-order valence-corrected chi connectivity index (χ3v) is 3.28. The van der Waals surface area contributed by atoms with Crippen LogP contribution >= 0.6 is 0 Å². The van der Waals surface area contributed by atoms with Gasteiger partial charge in [-0.05, 0) is 17.2 Å². The number of carbonyl (C=O) groups excluding carboxylic acids is 1. The third-order valence-electron chi connectivity index (χ3n) is 3.28. The zero-order valence-electron chi connectivity index (χ0n) is 15.2. The molecule has 0 unspecified atom stereocenters. The van der Waals surface area contributed by atoms with Crippen molar-refractivity contribution in [1.82, 2.24) is 0 Å². The molecular weight excluding hydrogens is 362 g/mol. The number of hydrogen-bond acceptors (Lipinski definition) is 4. The molecule has 2 rings (SSSR count). The van der Waals surface area contributed by atoms with E-state index in [-0.39, 0.29) is 12.1 Å². The fourth-order valence-electron chi connectivity index (χ4n) is 2.15. The van der Waals surface area contributed by atoms with Gasteiger partial charge in [-0.2, -0.15) is 0 Å². The fourth-order valence-corrected chi connectivity index (χ4v) is 2.15. The number of nitrogens with two attached hydrogens (primary N) is 2. The molecule has 0 fully saturated rings. The van der Waals surface area contributed by atoms with E-state index in [1.165, 1.54) is 0 Å². The van der Waals surface area contributed by atoms with E-state index in [2.05, 4.69) is 29.3 Å². The first-order valence-electron chi connectivity index (χ1n) is 8.35. The number of carbonyl (C=O) groups is 2. The van der Waals surface area contributed by atoms with E-state index in [4.69, 9.17) is 21.3 Å². The highest BCUT2D eigenvalue weighted by Crippen LogP contribution is 2.25. The second-order valence-electron chi connectivity index (χ2n) is 5.44. The predicted octanol–water partition coefficient (Wildman–Crippen LogP) is -1.48. The van der Waals surface area contributed by atoms with Crippen LogP contribution in [0.5, 0.6) is 0 Å². The van der Waals surface area contributed by atoms with Gasteiger partial charge in [0.05, 0.1) is 19.1 Å². The van der Waals surface area contributed by atoms with Gasteiger partial charge in [0.2, 0.25) is 0 Å². The number of hydrogen-bond donors (Lipinski definition) is 4. The number of nitrogens with one attached hydrogen (secondary N) is 1. The van der Waals surface area contributed by atoms with Crippen LogP contribution in [0.4, 0.5) is 0 Å². The molecule has 0 spiro atoms. The van der Waals surface area contributed by atoms with Crippen LogP contribution in [-0.2, 0) is 14.3 Å². The summed E-state index contributed by atoms with van der Waals surface area (Å²) in [6.45, 7) is 1.10. The monoisotopic (exact) mass is 385 g/mol. The van der Waals surface area contributed by atoms with Crippen LogP contribution in [-0.4, -0.2) is 36.2 Å². The van der Waals surface area contributed by atoms with Gasteiger partial charge in [0.25, 0.3) is 0 Å². The smallest absolute Gasteiger partial charge is 0.338 e. The number of carboxylic acids is 2. The minimum atomic E-state index is -1.51. The molecule has 0 radical (unpaired) electrons. The molecule has 148 valence electrons. The lowest BCUT2D eigenvalue weighted by molar-refractivity contribution is -0.464. The van der Waals surface area contributed by atoms with Gasteiger partial charge >= 0.3 is 11.9 Å². The van der Waals surface area contributed by atoms with E-state index in [1.54, 1.807) is 0 Å². The van der Waals surface area contributed by atoms with Crippen molar-refractivity contribution < 1.29 is 29.5 Å². The van der Waals surface area contributed by atoms with Crippen LogP contribution in [0.2, 0.25) is 0 Å². The Morgan fingerprint density at radius 1 is 1.00 bits per heavy atom. The Morgan fingerprint density at radius 2 is 1.50 bits per heavy atom. The molecule has 0 aromatic heterocycles. The molecule has 6 N–H and O–H groups in total. The standard InChI is InChI=1S/C16H19N3O.C4H4O4/c17-16(18)19-11-12-20-15(13-7-3-1-4-8-13)14-9-5-2-6-10-14;5-3(6)1-2-4(7)8/h1-10,15H,11-12H2,(H4,17,18,19);1-2H,(H,5,6)(H,7,8)/b;2-1-. The van der Waals surface area contributed by atoms with Crippen molar-refractivity contribution in [2.45, 2.75) is 6.10 Å². The van der Waals surface area contributed by atoms with Gasteiger partial charge in [0.1, 0.15) is 6.10 Å². The number of rotatable bonds is 8. The second-order valence-corrected chi connectivity index (χ2v) is 5.44. The van der Waals surface area contributed by atoms with Crippen LogP contribution in [0.15, 0.2) is 72.8 Å². The van der Waals surface area contributed by atoms with Crippen LogP contribution < -0.4 is 21.6 Å². The van der Waals surface area contributed by atoms with Crippen LogP contribution in [0, 0.1) is 0 Å². The number of guanidine groups is 1. The van der Waals surface area contributed by atoms with Crippen molar-refractivity contribution in [2.75, 3.05) is 13.2 Å². The van der Waals surface area contributed by atoms with Gasteiger partial charge in [-0.15, -0.1) is 0 Å². The molecule has 0 aliphatic heterocycles. The number of aliphatic carboxylic acids is 2. The van der Waals surface area contributed by atoms with Crippen molar-refractivity contribution in [2.24, 2.45) is 11.5 Å². The van der Waals surface area contributed by atoms with Gasteiger partial charge in [-0.3, -0.25) is 16.5 Å². The lowest BCUT2D eigenvalue weighted by Crippen LogP contribution is -2.79. The second kappa shape index (κ2) is 12.7. The van der Waals surface area contributed by atoms with Gasteiger partial charge in [0.15, 0.2) is 0 Å². The summed E-state index contributed by atoms with van der Waals surface area (Å²) in [7, 11) is 0. The molecule has 0 bridgehead atoms. The molecule has 0 saturated carbocycles. The van der Waals surface area contributed by atoms with Crippen LogP contribution in [0.1, 0.15) is 17.2 Å². The van der Waals surface area contributed by atoms with E-state index >= 15 is 0 Å². The maximum Gasteiger partial charge on any atom is 0.338 e. The van der Waals surface area contributed by atoms with E-state index < -0.39 is 11.9 Å². The summed E-state index contributed by atoms with van der Waals surface area (Å²) in [5, 5.41) is 17.2. The van der Waals surface area contributed by atoms with E-state index in [0.717, 1.165) is 11.1 Å². The third kappa shape index (κ3) is 9.73. The normalized spacial score (nSPS) is 10.2.